The number of allylic oxidation sites excluding steroid dienone is 3. The second-order valence-electron chi connectivity index (χ2n) is 4.12. The van der Waals surface area contributed by atoms with Gasteiger partial charge in [-0.05, 0) is 37.8 Å². The van der Waals surface area contributed by atoms with Gasteiger partial charge < -0.3 is 14.9 Å². The van der Waals surface area contributed by atoms with Crippen LogP contribution in [-0.4, -0.2) is 22.4 Å². The number of aliphatic hydroxyl groups is 2. The van der Waals surface area contributed by atoms with Crippen LogP contribution < -0.4 is 0 Å². The van der Waals surface area contributed by atoms with E-state index in [1.807, 2.05) is 0 Å². The zero-order chi connectivity index (χ0) is 11.5. The van der Waals surface area contributed by atoms with Crippen LogP contribution in [0.4, 0.5) is 4.39 Å². The molecule has 0 bridgehead atoms. The second-order valence-corrected chi connectivity index (χ2v) is 4.12. The molecule has 1 atom stereocenters. The van der Waals surface area contributed by atoms with Gasteiger partial charge in [0.05, 0.1) is 6.10 Å². The Morgan fingerprint density at radius 1 is 1.25 bits per heavy atom. The first-order valence-corrected chi connectivity index (χ1v) is 5.49. The highest BCUT2D eigenvalue weighted by molar-refractivity contribution is 5.31. The molecule has 0 aliphatic heterocycles. The molecule has 0 aromatic carbocycles. The lowest BCUT2D eigenvalue weighted by atomic mass is 10.2. The van der Waals surface area contributed by atoms with Crippen LogP contribution in [0.2, 0.25) is 0 Å². The van der Waals surface area contributed by atoms with Crippen molar-refractivity contribution in [3.05, 3.63) is 35.6 Å². The highest BCUT2D eigenvalue weighted by Gasteiger charge is 2.21. The van der Waals surface area contributed by atoms with Gasteiger partial charge in [-0.15, -0.1) is 0 Å². The minimum Gasteiger partial charge on any atom is -0.509 e. The van der Waals surface area contributed by atoms with Gasteiger partial charge in [-0.3, -0.25) is 0 Å². The summed E-state index contributed by atoms with van der Waals surface area (Å²) in [4.78, 5) is 0. The fourth-order valence-electron chi connectivity index (χ4n) is 1.93. The number of ether oxygens (including phenoxy) is 1. The standard InChI is InChI=1S/C12H15FO3/c13-10-7-9(5-6-11(14)12(10)15)16-8-3-1-2-4-8/h5-8,12,14-15H,1-4H2. The first-order valence-electron chi connectivity index (χ1n) is 5.49. The molecule has 0 spiro atoms. The van der Waals surface area contributed by atoms with Gasteiger partial charge in [-0.1, -0.05) is 0 Å². The number of hydrogen-bond acceptors (Lipinski definition) is 3. The van der Waals surface area contributed by atoms with Crippen LogP contribution in [0.3, 0.4) is 0 Å². The van der Waals surface area contributed by atoms with Crippen molar-refractivity contribution in [2.75, 3.05) is 0 Å². The van der Waals surface area contributed by atoms with Gasteiger partial charge in [-0.2, -0.15) is 0 Å². The molecule has 16 heavy (non-hydrogen) atoms. The average molecular weight is 226 g/mol. The van der Waals surface area contributed by atoms with Gasteiger partial charge in [0, 0.05) is 6.08 Å². The average Bonchev–Trinajstić information content (AvgIpc) is 2.72. The molecule has 1 fully saturated rings. The maximum atomic E-state index is 13.3. The predicted molar refractivity (Wildman–Crippen MR) is 57.3 cm³/mol. The Labute approximate surface area is 93.5 Å². The molecular weight excluding hydrogens is 211 g/mol. The van der Waals surface area contributed by atoms with Crippen molar-refractivity contribution < 1.29 is 19.3 Å². The first kappa shape index (κ1) is 11.2. The number of hydrogen-bond donors (Lipinski definition) is 2. The number of rotatable bonds is 2. The van der Waals surface area contributed by atoms with E-state index in [0.29, 0.717) is 5.76 Å². The topological polar surface area (TPSA) is 49.7 Å². The van der Waals surface area contributed by atoms with E-state index in [2.05, 4.69) is 0 Å². The van der Waals surface area contributed by atoms with Gasteiger partial charge in [0.1, 0.15) is 17.3 Å². The lowest BCUT2D eigenvalue weighted by Crippen LogP contribution is -2.10. The fourth-order valence-corrected chi connectivity index (χ4v) is 1.93. The highest BCUT2D eigenvalue weighted by atomic mass is 19.1. The number of halogens is 1. The lowest BCUT2D eigenvalue weighted by Gasteiger charge is -2.13. The summed E-state index contributed by atoms with van der Waals surface area (Å²) in [6, 6.07) is 0. The lowest BCUT2D eigenvalue weighted by molar-refractivity contribution is 0.129. The Kier molecular flexibility index (Phi) is 3.29. The Morgan fingerprint density at radius 2 is 1.94 bits per heavy atom. The predicted octanol–water partition coefficient (Wildman–Crippen LogP) is 2.50. The largest absolute Gasteiger partial charge is 0.509 e. The molecule has 4 heteroatoms. The smallest absolute Gasteiger partial charge is 0.162 e. The highest BCUT2D eigenvalue weighted by Crippen LogP contribution is 2.26. The van der Waals surface area contributed by atoms with Crippen molar-refractivity contribution in [1.82, 2.24) is 0 Å². The van der Waals surface area contributed by atoms with E-state index in [4.69, 9.17) is 4.74 Å². The molecule has 0 saturated heterocycles. The maximum absolute atomic E-state index is 13.3. The Bertz CT molecular complexity index is 351. The summed E-state index contributed by atoms with van der Waals surface area (Å²) in [5.41, 5.74) is 0. The molecule has 0 aromatic rings. The van der Waals surface area contributed by atoms with Crippen LogP contribution in [0, 0.1) is 0 Å². The van der Waals surface area contributed by atoms with Crippen LogP contribution in [0.25, 0.3) is 0 Å². The van der Waals surface area contributed by atoms with Crippen molar-refractivity contribution in [2.24, 2.45) is 0 Å². The van der Waals surface area contributed by atoms with Crippen molar-refractivity contribution >= 4 is 0 Å². The summed E-state index contributed by atoms with van der Waals surface area (Å²) in [7, 11) is 0. The summed E-state index contributed by atoms with van der Waals surface area (Å²) in [5, 5.41) is 18.5. The van der Waals surface area contributed by atoms with Crippen molar-refractivity contribution in [2.45, 2.75) is 37.9 Å². The molecule has 3 nitrogen and oxygen atoms in total. The maximum Gasteiger partial charge on any atom is 0.162 e. The summed E-state index contributed by atoms with van der Waals surface area (Å²) in [5.74, 6) is -0.846. The molecule has 88 valence electrons. The quantitative estimate of drug-likeness (QED) is 0.760. The van der Waals surface area contributed by atoms with Crippen LogP contribution >= 0.6 is 0 Å². The number of aliphatic hydroxyl groups excluding tert-OH is 2. The summed E-state index contributed by atoms with van der Waals surface area (Å²) >= 11 is 0. The van der Waals surface area contributed by atoms with E-state index in [1.165, 1.54) is 12.2 Å². The minimum absolute atomic E-state index is 0.126. The minimum atomic E-state index is -1.57. The van der Waals surface area contributed by atoms with E-state index in [1.54, 1.807) is 0 Å². The third kappa shape index (κ3) is 2.44. The molecule has 2 rings (SSSR count). The van der Waals surface area contributed by atoms with Gasteiger partial charge in [0.25, 0.3) is 0 Å². The Morgan fingerprint density at radius 3 is 2.62 bits per heavy atom. The van der Waals surface area contributed by atoms with E-state index in [0.717, 1.165) is 31.8 Å². The second kappa shape index (κ2) is 4.70. The van der Waals surface area contributed by atoms with Gasteiger partial charge in [0.15, 0.2) is 6.10 Å². The molecule has 0 radical (unpaired) electrons. The van der Waals surface area contributed by atoms with Crippen LogP contribution in [-0.2, 0) is 4.74 Å². The van der Waals surface area contributed by atoms with Gasteiger partial charge in [0.2, 0.25) is 0 Å². The molecule has 2 aliphatic rings. The summed E-state index contributed by atoms with van der Waals surface area (Å²) < 4.78 is 18.9. The molecule has 0 aromatic heterocycles. The summed E-state index contributed by atoms with van der Waals surface area (Å²) in [6.07, 6.45) is 6.64. The zero-order valence-electron chi connectivity index (χ0n) is 8.90. The SMILES string of the molecule is OC1=CC=C(OC2CCCC2)C=C(F)C1O. The fraction of sp³-hybridized carbons (Fsp3) is 0.500. The molecule has 2 N–H and O–H groups in total. The van der Waals surface area contributed by atoms with E-state index < -0.39 is 17.7 Å². The summed E-state index contributed by atoms with van der Waals surface area (Å²) in [6.45, 7) is 0. The third-order valence-electron chi connectivity index (χ3n) is 2.84. The third-order valence-corrected chi connectivity index (χ3v) is 2.84. The molecule has 1 unspecified atom stereocenters. The van der Waals surface area contributed by atoms with Crippen molar-refractivity contribution in [3.8, 4) is 0 Å². The van der Waals surface area contributed by atoms with Crippen molar-refractivity contribution in [3.63, 3.8) is 0 Å². The molecule has 1 saturated carbocycles. The van der Waals surface area contributed by atoms with Crippen molar-refractivity contribution in [1.29, 1.82) is 0 Å². The van der Waals surface area contributed by atoms with Gasteiger partial charge in [-0.25, -0.2) is 4.39 Å². The molecule has 0 heterocycles. The van der Waals surface area contributed by atoms with Crippen LogP contribution in [0.5, 0.6) is 0 Å². The zero-order valence-corrected chi connectivity index (χ0v) is 8.90. The monoisotopic (exact) mass is 226 g/mol. The van der Waals surface area contributed by atoms with E-state index >= 15 is 0 Å². The Hall–Kier alpha value is -1.29. The molecule has 0 amide bonds. The van der Waals surface area contributed by atoms with Crippen LogP contribution in [0.15, 0.2) is 35.6 Å². The molecule has 2 aliphatic carbocycles. The van der Waals surface area contributed by atoms with E-state index in [9.17, 15) is 14.6 Å². The van der Waals surface area contributed by atoms with Gasteiger partial charge >= 0.3 is 0 Å². The normalized spacial score (nSPS) is 26.9. The van der Waals surface area contributed by atoms with E-state index in [-0.39, 0.29) is 6.10 Å². The molecular formula is C12H15FO3. The first-order chi connectivity index (χ1) is 7.66. The Balaban J connectivity index is 2.09. The van der Waals surface area contributed by atoms with Crippen LogP contribution in [0.1, 0.15) is 25.7 Å².